The van der Waals surface area contributed by atoms with E-state index in [1.165, 1.54) is 11.3 Å². The van der Waals surface area contributed by atoms with Crippen LogP contribution in [0.2, 0.25) is 0 Å². The molecule has 0 saturated carbocycles. The molecule has 0 aliphatic carbocycles. The van der Waals surface area contributed by atoms with E-state index in [0.29, 0.717) is 28.9 Å². The van der Waals surface area contributed by atoms with Crippen LogP contribution in [-0.4, -0.2) is 31.6 Å². The van der Waals surface area contributed by atoms with E-state index < -0.39 is 10.0 Å². The second-order valence-electron chi connectivity index (χ2n) is 4.38. The molecule has 0 aromatic carbocycles. The highest BCUT2D eigenvalue weighted by Crippen LogP contribution is 2.21. The fraction of sp³-hybridized carbons (Fsp3) is 0.500. The molecule has 0 spiro atoms. The molecule has 0 radical (unpaired) electrons. The normalized spacial score (nSPS) is 11.9. The summed E-state index contributed by atoms with van der Waals surface area (Å²) in [6, 6.07) is 3.45. The molecule has 0 amide bonds. The minimum Gasteiger partial charge on any atom is -0.340 e. The molecular weight excluding hydrogens is 312 g/mol. The molecule has 2 N–H and O–H groups in total. The number of sulfonamides is 1. The first-order valence-electron chi connectivity index (χ1n) is 6.59. The van der Waals surface area contributed by atoms with E-state index in [1.54, 1.807) is 13.0 Å². The molecule has 0 aliphatic heterocycles. The second kappa shape index (κ2) is 7.12. The fourth-order valence-electron chi connectivity index (χ4n) is 1.66. The van der Waals surface area contributed by atoms with E-state index in [4.69, 9.17) is 4.52 Å². The van der Waals surface area contributed by atoms with Gasteiger partial charge in [-0.25, -0.2) is 13.1 Å². The van der Waals surface area contributed by atoms with E-state index in [-0.39, 0.29) is 6.54 Å². The van der Waals surface area contributed by atoms with Crippen molar-refractivity contribution in [2.24, 2.45) is 0 Å². The van der Waals surface area contributed by atoms with Gasteiger partial charge in [0.1, 0.15) is 4.21 Å². The third-order valence-corrected chi connectivity index (χ3v) is 5.70. The Balaban J connectivity index is 1.90. The molecule has 0 unspecified atom stereocenters. The number of hydrogen-bond donors (Lipinski definition) is 2. The van der Waals surface area contributed by atoms with Crippen LogP contribution in [0.1, 0.15) is 23.5 Å². The van der Waals surface area contributed by atoms with Crippen molar-refractivity contribution in [1.82, 2.24) is 20.2 Å². The molecule has 2 aromatic heterocycles. The Labute approximate surface area is 127 Å². The summed E-state index contributed by atoms with van der Waals surface area (Å²) >= 11 is 1.27. The molecule has 0 saturated heterocycles. The van der Waals surface area contributed by atoms with Crippen LogP contribution >= 0.6 is 11.3 Å². The molecular formula is C12H18N4O3S2. The molecule has 0 atom stereocenters. The van der Waals surface area contributed by atoms with Gasteiger partial charge in [-0.05, 0) is 18.7 Å². The van der Waals surface area contributed by atoms with Gasteiger partial charge in [-0.3, -0.25) is 0 Å². The first-order chi connectivity index (χ1) is 10.0. The lowest BCUT2D eigenvalue weighted by molar-refractivity contribution is 0.387. The summed E-state index contributed by atoms with van der Waals surface area (Å²) in [6.45, 7) is 5.47. The first-order valence-corrected chi connectivity index (χ1v) is 8.89. The van der Waals surface area contributed by atoms with Gasteiger partial charge in [-0.2, -0.15) is 4.98 Å². The minimum absolute atomic E-state index is 0.238. The number of nitrogens with one attached hydrogen (secondary N) is 2. The van der Waals surface area contributed by atoms with Crippen LogP contribution in [0.3, 0.4) is 0 Å². The zero-order chi connectivity index (χ0) is 15.3. The molecule has 0 aliphatic rings. The summed E-state index contributed by atoms with van der Waals surface area (Å²) < 4.78 is 32.0. The highest BCUT2D eigenvalue weighted by Gasteiger charge is 2.16. The van der Waals surface area contributed by atoms with Gasteiger partial charge in [0, 0.05) is 31.3 Å². The monoisotopic (exact) mass is 330 g/mol. The van der Waals surface area contributed by atoms with Crippen LogP contribution in [-0.2, 0) is 23.0 Å². The maximum Gasteiger partial charge on any atom is 0.250 e. The standard InChI is InChI=1S/C12H18N4O3S2/c1-3-13-8-10-4-5-12(20-10)21(17,18)14-7-6-11-15-9(2)19-16-11/h4-5,13-14H,3,6-8H2,1-2H3. The predicted octanol–water partition coefficient (Wildman–Crippen LogP) is 1.07. The molecule has 9 heteroatoms. The van der Waals surface area contributed by atoms with Gasteiger partial charge < -0.3 is 9.84 Å². The zero-order valence-electron chi connectivity index (χ0n) is 11.9. The van der Waals surface area contributed by atoms with Crippen molar-refractivity contribution in [3.05, 3.63) is 28.7 Å². The van der Waals surface area contributed by atoms with Gasteiger partial charge in [0.05, 0.1) is 0 Å². The quantitative estimate of drug-likeness (QED) is 0.751. The summed E-state index contributed by atoms with van der Waals surface area (Å²) in [5.41, 5.74) is 0. The van der Waals surface area contributed by atoms with Crippen LogP contribution < -0.4 is 10.0 Å². The van der Waals surface area contributed by atoms with E-state index >= 15 is 0 Å². The Bertz CT molecular complexity index is 678. The SMILES string of the molecule is CCNCc1ccc(S(=O)(=O)NCCc2noc(C)n2)s1. The minimum atomic E-state index is -3.47. The van der Waals surface area contributed by atoms with Gasteiger partial charge >= 0.3 is 0 Å². The summed E-state index contributed by atoms with van der Waals surface area (Å²) in [5.74, 6) is 0.966. The van der Waals surface area contributed by atoms with Gasteiger partial charge in [-0.15, -0.1) is 11.3 Å². The zero-order valence-corrected chi connectivity index (χ0v) is 13.6. The second-order valence-corrected chi connectivity index (χ2v) is 7.54. The molecule has 116 valence electrons. The number of thiophene rings is 1. The van der Waals surface area contributed by atoms with Crippen molar-refractivity contribution in [3.63, 3.8) is 0 Å². The lowest BCUT2D eigenvalue weighted by Gasteiger charge is -2.02. The molecule has 2 heterocycles. The Kier molecular flexibility index (Phi) is 5.45. The average Bonchev–Trinajstić information content (AvgIpc) is 3.06. The molecule has 7 nitrogen and oxygen atoms in total. The van der Waals surface area contributed by atoms with Crippen LogP contribution in [0.15, 0.2) is 20.9 Å². The number of aryl methyl sites for hydroxylation is 1. The summed E-state index contributed by atoms with van der Waals surface area (Å²) in [5, 5.41) is 6.88. The molecule has 0 bridgehead atoms. The van der Waals surface area contributed by atoms with Crippen molar-refractivity contribution >= 4 is 21.4 Å². The highest BCUT2D eigenvalue weighted by atomic mass is 32.2. The molecule has 21 heavy (non-hydrogen) atoms. The van der Waals surface area contributed by atoms with E-state index in [1.807, 2.05) is 13.0 Å². The van der Waals surface area contributed by atoms with Gasteiger partial charge in [-0.1, -0.05) is 12.1 Å². The highest BCUT2D eigenvalue weighted by molar-refractivity contribution is 7.91. The number of hydrogen-bond acceptors (Lipinski definition) is 7. The lowest BCUT2D eigenvalue weighted by Crippen LogP contribution is -2.25. The third-order valence-electron chi connectivity index (χ3n) is 2.66. The summed E-state index contributed by atoms with van der Waals surface area (Å²) in [7, 11) is -3.47. The Hall–Kier alpha value is -1.29. The molecule has 2 aromatic rings. The molecule has 0 fully saturated rings. The maximum absolute atomic E-state index is 12.1. The average molecular weight is 330 g/mol. The van der Waals surface area contributed by atoms with E-state index in [0.717, 1.165) is 11.4 Å². The van der Waals surface area contributed by atoms with Crippen molar-refractivity contribution in [2.45, 2.75) is 31.0 Å². The van der Waals surface area contributed by atoms with Crippen molar-refractivity contribution in [1.29, 1.82) is 0 Å². The van der Waals surface area contributed by atoms with Gasteiger partial charge in [0.25, 0.3) is 0 Å². The van der Waals surface area contributed by atoms with Crippen LogP contribution in [0.25, 0.3) is 0 Å². The van der Waals surface area contributed by atoms with Crippen molar-refractivity contribution in [2.75, 3.05) is 13.1 Å². The van der Waals surface area contributed by atoms with Crippen LogP contribution in [0.4, 0.5) is 0 Å². The molecule has 2 rings (SSSR count). The van der Waals surface area contributed by atoms with E-state index in [2.05, 4.69) is 20.2 Å². The first kappa shape index (κ1) is 16.1. The van der Waals surface area contributed by atoms with Crippen molar-refractivity contribution < 1.29 is 12.9 Å². The Morgan fingerprint density at radius 1 is 1.38 bits per heavy atom. The van der Waals surface area contributed by atoms with Crippen molar-refractivity contribution in [3.8, 4) is 0 Å². The number of nitrogens with zero attached hydrogens (tertiary/aromatic N) is 2. The van der Waals surface area contributed by atoms with Gasteiger partial charge in [0.15, 0.2) is 5.82 Å². The number of aromatic nitrogens is 2. The lowest BCUT2D eigenvalue weighted by atomic mass is 10.4. The van der Waals surface area contributed by atoms with Gasteiger partial charge in [0.2, 0.25) is 15.9 Å². The third kappa shape index (κ3) is 4.60. The number of rotatable bonds is 8. The topological polar surface area (TPSA) is 97.1 Å². The van der Waals surface area contributed by atoms with E-state index in [9.17, 15) is 8.42 Å². The largest absolute Gasteiger partial charge is 0.340 e. The maximum atomic E-state index is 12.1. The summed E-state index contributed by atoms with van der Waals surface area (Å²) in [6.07, 6.45) is 0.395. The van der Waals surface area contributed by atoms with Crippen LogP contribution in [0.5, 0.6) is 0 Å². The Morgan fingerprint density at radius 3 is 2.86 bits per heavy atom. The predicted molar refractivity (Wildman–Crippen MR) is 79.6 cm³/mol. The Morgan fingerprint density at radius 2 is 2.19 bits per heavy atom. The fourth-order valence-corrected chi connectivity index (χ4v) is 4.06. The summed E-state index contributed by atoms with van der Waals surface area (Å²) in [4.78, 5) is 5.01. The smallest absolute Gasteiger partial charge is 0.250 e. The van der Waals surface area contributed by atoms with Crippen LogP contribution in [0, 0.1) is 6.92 Å².